The van der Waals surface area contributed by atoms with E-state index in [0.29, 0.717) is 39.6 Å². The van der Waals surface area contributed by atoms with Crippen molar-refractivity contribution in [3.8, 4) is 5.75 Å². The van der Waals surface area contributed by atoms with Gasteiger partial charge in [-0.2, -0.15) is 0 Å². The van der Waals surface area contributed by atoms with Crippen LogP contribution in [0.15, 0.2) is 59.0 Å². The molecule has 0 spiro atoms. The number of esters is 1. The Morgan fingerprint density at radius 2 is 1.77 bits per heavy atom. The normalized spacial score (nSPS) is 21.8. The molecule has 1 saturated carbocycles. The Bertz CT molecular complexity index is 1580. The molecule has 1 aromatic heterocycles. The molecular formula is C32H33NO7. The third kappa shape index (κ3) is 4.51. The lowest BCUT2D eigenvalue weighted by Crippen LogP contribution is -2.51. The molecule has 6 rings (SSSR count). The number of carbonyl (C=O) groups is 2. The molecule has 2 heterocycles. The van der Waals surface area contributed by atoms with Crippen molar-refractivity contribution in [1.82, 2.24) is 0 Å². The first kappa shape index (κ1) is 26.3. The fourth-order valence-corrected chi connectivity index (χ4v) is 6.04. The van der Waals surface area contributed by atoms with E-state index in [1.807, 2.05) is 42.5 Å². The van der Waals surface area contributed by atoms with Crippen LogP contribution in [-0.2, 0) is 14.3 Å². The van der Waals surface area contributed by atoms with E-state index in [1.165, 1.54) is 7.11 Å². The lowest BCUT2D eigenvalue weighted by atomic mass is 9.82. The number of aliphatic hydroxyl groups is 1. The van der Waals surface area contributed by atoms with Crippen molar-refractivity contribution < 1.29 is 33.3 Å². The molecule has 0 saturated heterocycles. The predicted molar refractivity (Wildman–Crippen MR) is 150 cm³/mol. The van der Waals surface area contributed by atoms with Gasteiger partial charge in [0, 0.05) is 29.4 Å². The molecule has 8 heteroatoms. The molecule has 2 atom stereocenters. The zero-order valence-electron chi connectivity index (χ0n) is 22.9. The number of methoxy groups -OCH3 is 2. The fourth-order valence-electron chi connectivity index (χ4n) is 6.04. The maximum atomic E-state index is 13.9. The highest BCUT2D eigenvalue weighted by atomic mass is 16.6. The van der Waals surface area contributed by atoms with Gasteiger partial charge in [0.1, 0.15) is 29.6 Å². The van der Waals surface area contributed by atoms with Crippen LogP contribution >= 0.6 is 0 Å². The van der Waals surface area contributed by atoms with E-state index >= 15 is 0 Å². The monoisotopic (exact) mass is 543 g/mol. The summed E-state index contributed by atoms with van der Waals surface area (Å²) in [6, 6.07) is 16.3. The number of carbonyl (C=O) groups excluding carboxylic acids is 2. The number of aliphatic hydroxyl groups excluding tert-OH is 1. The number of ether oxygens (including phenoxy) is 3. The van der Waals surface area contributed by atoms with E-state index < -0.39 is 18.3 Å². The molecule has 0 radical (unpaired) electrons. The number of benzene rings is 3. The van der Waals surface area contributed by atoms with Crippen molar-refractivity contribution in [3.63, 3.8) is 0 Å². The van der Waals surface area contributed by atoms with Crippen molar-refractivity contribution in [1.29, 1.82) is 0 Å². The Balaban J connectivity index is 1.46. The van der Waals surface area contributed by atoms with Gasteiger partial charge in [0.2, 0.25) is 12.1 Å². The maximum Gasteiger partial charge on any atom is 0.342 e. The van der Waals surface area contributed by atoms with E-state index in [4.69, 9.17) is 18.6 Å². The van der Waals surface area contributed by atoms with Crippen molar-refractivity contribution in [3.05, 3.63) is 71.3 Å². The molecular weight excluding hydrogens is 510 g/mol. The molecule has 1 fully saturated rings. The van der Waals surface area contributed by atoms with Gasteiger partial charge in [-0.15, -0.1) is 0 Å². The van der Waals surface area contributed by atoms with Crippen molar-refractivity contribution in [2.45, 2.75) is 44.9 Å². The first-order valence-electron chi connectivity index (χ1n) is 13.7. The summed E-state index contributed by atoms with van der Waals surface area (Å²) in [5.74, 6) is 0.479. The average Bonchev–Trinajstić information content (AvgIpc) is 3.33. The number of rotatable bonds is 6. The first-order chi connectivity index (χ1) is 19.4. The molecule has 1 N–H and O–H groups in total. The van der Waals surface area contributed by atoms with Gasteiger partial charge in [-0.3, -0.25) is 9.69 Å². The second kappa shape index (κ2) is 10.6. The highest BCUT2D eigenvalue weighted by Crippen LogP contribution is 2.41. The summed E-state index contributed by atoms with van der Waals surface area (Å²) >= 11 is 0. The van der Waals surface area contributed by atoms with Crippen LogP contribution in [0.1, 0.15) is 60.2 Å². The van der Waals surface area contributed by atoms with Gasteiger partial charge in [-0.25, -0.2) is 4.79 Å². The Morgan fingerprint density at radius 3 is 2.52 bits per heavy atom. The maximum absolute atomic E-state index is 13.9. The topological polar surface area (TPSA) is 98.4 Å². The second-order valence-corrected chi connectivity index (χ2v) is 10.8. The van der Waals surface area contributed by atoms with Crippen LogP contribution < -0.4 is 9.64 Å². The molecule has 1 unspecified atom stereocenters. The van der Waals surface area contributed by atoms with Gasteiger partial charge in [-0.1, -0.05) is 31.2 Å². The number of hydrogen-bond acceptors (Lipinski definition) is 7. The number of anilines is 1. The van der Waals surface area contributed by atoms with Crippen molar-refractivity contribution >= 4 is 39.5 Å². The molecule has 1 aliphatic carbocycles. The Kier molecular flexibility index (Phi) is 6.98. The SMILES string of the molecule is COC[C@@H]1OC(=O)c2cc3oc4ccc(C(O)c5ccccc5OC)cc4c3cc2N1C(=O)[C@H]1CC[C@H](C)CC1. The average molecular weight is 544 g/mol. The van der Waals surface area contributed by atoms with Gasteiger partial charge in [0.05, 0.1) is 18.4 Å². The molecule has 3 aromatic carbocycles. The van der Waals surface area contributed by atoms with E-state index in [2.05, 4.69) is 6.92 Å². The minimum Gasteiger partial charge on any atom is -0.496 e. The summed E-state index contributed by atoms with van der Waals surface area (Å²) in [6.07, 6.45) is 1.83. The van der Waals surface area contributed by atoms with E-state index in [1.54, 1.807) is 24.1 Å². The summed E-state index contributed by atoms with van der Waals surface area (Å²) in [4.78, 5) is 28.6. The zero-order valence-corrected chi connectivity index (χ0v) is 22.9. The number of hydrogen-bond donors (Lipinski definition) is 1. The van der Waals surface area contributed by atoms with Crippen LogP contribution in [0.4, 0.5) is 5.69 Å². The van der Waals surface area contributed by atoms with Gasteiger partial charge in [0.25, 0.3) is 0 Å². The molecule has 1 aliphatic heterocycles. The zero-order chi connectivity index (χ0) is 28.0. The van der Waals surface area contributed by atoms with Gasteiger partial charge in [0.15, 0.2) is 0 Å². The summed E-state index contributed by atoms with van der Waals surface area (Å²) in [7, 11) is 3.10. The standard InChI is InChI=1S/C32H33NO7/c1-18-8-10-19(11-9-18)31(35)33-25-15-23-22-14-20(30(34)21-6-4-5-7-26(21)38-3)12-13-27(22)39-28(23)16-24(25)32(36)40-29(33)17-37-2/h4-7,12-16,18-19,29-30,34H,8-11,17H2,1-3H3/t18-,19-,29-,30?/m0/s1. The first-order valence-corrected chi connectivity index (χ1v) is 13.7. The van der Waals surface area contributed by atoms with Gasteiger partial charge >= 0.3 is 5.97 Å². The molecule has 0 bridgehead atoms. The summed E-state index contributed by atoms with van der Waals surface area (Å²) in [6.45, 7) is 2.28. The smallest absolute Gasteiger partial charge is 0.342 e. The quantitative estimate of drug-likeness (QED) is 0.299. The number of cyclic esters (lactones) is 1. The van der Waals surface area contributed by atoms with E-state index in [9.17, 15) is 14.7 Å². The molecule has 4 aromatic rings. The molecule has 1 amide bonds. The lowest BCUT2D eigenvalue weighted by Gasteiger charge is -2.38. The molecule has 208 valence electrons. The van der Waals surface area contributed by atoms with Crippen LogP contribution in [0.25, 0.3) is 21.9 Å². The van der Waals surface area contributed by atoms with Crippen LogP contribution in [0.3, 0.4) is 0 Å². The van der Waals surface area contributed by atoms with E-state index in [-0.39, 0.29) is 24.0 Å². The third-order valence-corrected chi connectivity index (χ3v) is 8.28. The fraction of sp³-hybridized carbons (Fsp3) is 0.375. The number of fused-ring (bicyclic) bond motifs is 4. The Hall–Kier alpha value is -3.88. The van der Waals surface area contributed by atoms with E-state index in [0.717, 1.165) is 36.5 Å². The summed E-state index contributed by atoms with van der Waals surface area (Å²) in [5, 5.41) is 12.7. The highest BCUT2D eigenvalue weighted by Gasteiger charge is 2.40. The van der Waals surface area contributed by atoms with Crippen molar-refractivity contribution in [2.75, 3.05) is 25.7 Å². The van der Waals surface area contributed by atoms with Crippen molar-refractivity contribution in [2.24, 2.45) is 11.8 Å². The number of para-hydroxylation sites is 1. The lowest BCUT2D eigenvalue weighted by molar-refractivity contribution is -0.126. The number of amides is 1. The van der Waals surface area contributed by atoms with Crippen LogP contribution in [0.2, 0.25) is 0 Å². The number of nitrogens with zero attached hydrogens (tertiary/aromatic N) is 1. The minimum atomic E-state index is -0.920. The Morgan fingerprint density at radius 1 is 1.02 bits per heavy atom. The number of furan rings is 1. The van der Waals surface area contributed by atoms with Gasteiger partial charge in [-0.05, 0) is 67.5 Å². The second-order valence-electron chi connectivity index (χ2n) is 10.8. The summed E-state index contributed by atoms with van der Waals surface area (Å²) < 4.78 is 22.6. The molecule has 8 nitrogen and oxygen atoms in total. The summed E-state index contributed by atoms with van der Waals surface area (Å²) in [5.41, 5.74) is 3.20. The molecule has 40 heavy (non-hydrogen) atoms. The van der Waals surface area contributed by atoms with Crippen LogP contribution in [0.5, 0.6) is 5.75 Å². The van der Waals surface area contributed by atoms with Crippen LogP contribution in [-0.4, -0.2) is 44.0 Å². The highest BCUT2D eigenvalue weighted by molar-refractivity contribution is 6.13. The Labute approximate surface area is 232 Å². The largest absolute Gasteiger partial charge is 0.496 e. The molecule has 2 aliphatic rings. The predicted octanol–water partition coefficient (Wildman–Crippen LogP) is 5.98. The third-order valence-electron chi connectivity index (χ3n) is 8.28. The minimum absolute atomic E-state index is 0.0536. The van der Waals surface area contributed by atoms with Gasteiger partial charge < -0.3 is 23.7 Å². The van der Waals surface area contributed by atoms with Crippen LogP contribution in [0, 0.1) is 11.8 Å².